The van der Waals surface area contributed by atoms with E-state index in [0.29, 0.717) is 5.41 Å². The maximum absolute atomic E-state index is 4.70. The van der Waals surface area contributed by atoms with E-state index in [0.717, 1.165) is 29.9 Å². The Kier molecular flexibility index (Phi) is 4.72. The first kappa shape index (κ1) is 16.9. The van der Waals surface area contributed by atoms with Crippen LogP contribution in [-0.2, 0) is 0 Å². The van der Waals surface area contributed by atoms with Gasteiger partial charge >= 0.3 is 0 Å². The van der Waals surface area contributed by atoms with Gasteiger partial charge in [0.15, 0.2) is 0 Å². The van der Waals surface area contributed by atoms with Crippen molar-refractivity contribution in [2.45, 2.75) is 55.9 Å². The number of anilines is 1. The SMILES string of the molecule is Cc1ccccc1Sc1cnc(N2CCC3(CCC[C@H]3C)CC2)cn1. The standard InChI is InChI=1S/C21H27N3S/c1-16-6-3-4-8-18(16)25-20-15-22-19(14-23-20)24-12-10-21(11-13-24)9-5-7-17(21)2/h3-4,6,8,14-15,17H,5,7,9-13H2,1-2H3/t17-/m1/s1. The van der Waals surface area contributed by atoms with E-state index in [9.17, 15) is 0 Å². The van der Waals surface area contributed by atoms with E-state index in [2.05, 4.69) is 48.0 Å². The van der Waals surface area contributed by atoms with Crippen LogP contribution in [0.4, 0.5) is 5.82 Å². The molecule has 4 rings (SSSR count). The molecular formula is C21H27N3S. The number of hydrogen-bond acceptors (Lipinski definition) is 4. The first-order valence-corrected chi connectivity index (χ1v) is 10.3. The highest BCUT2D eigenvalue weighted by atomic mass is 32.2. The minimum Gasteiger partial charge on any atom is -0.355 e. The maximum Gasteiger partial charge on any atom is 0.147 e. The molecule has 2 fully saturated rings. The van der Waals surface area contributed by atoms with Gasteiger partial charge < -0.3 is 4.90 Å². The number of benzene rings is 1. The molecule has 3 nitrogen and oxygen atoms in total. The Morgan fingerprint density at radius 3 is 2.52 bits per heavy atom. The summed E-state index contributed by atoms with van der Waals surface area (Å²) in [6.07, 6.45) is 10.8. The van der Waals surface area contributed by atoms with E-state index in [1.807, 2.05) is 12.4 Å². The Balaban J connectivity index is 1.40. The number of aryl methyl sites for hydroxylation is 1. The summed E-state index contributed by atoms with van der Waals surface area (Å²) < 4.78 is 0. The summed E-state index contributed by atoms with van der Waals surface area (Å²) >= 11 is 1.69. The number of aromatic nitrogens is 2. The molecular weight excluding hydrogens is 326 g/mol. The highest BCUT2D eigenvalue weighted by Crippen LogP contribution is 2.50. The lowest BCUT2D eigenvalue weighted by atomic mass is 9.71. The average molecular weight is 354 g/mol. The monoisotopic (exact) mass is 353 g/mol. The van der Waals surface area contributed by atoms with E-state index in [-0.39, 0.29) is 0 Å². The highest BCUT2D eigenvalue weighted by Gasteiger charge is 2.42. The fourth-order valence-electron chi connectivity index (χ4n) is 4.55. The van der Waals surface area contributed by atoms with Gasteiger partial charge in [-0.1, -0.05) is 49.7 Å². The molecule has 2 heterocycles. The molecule has 132 valence electrons. The summed E-state index contributed by atoms with van der Waals surface area (Å²) in [4.78, 5) is 13.0. The Morgan fingerprint density at radius 2 is 1.88 bits per heavy atom. The second-order valence-electron chi connectivity index (χ2n) is 7.72. The van der Waals surface area contributed by atoms with Crippen molar-refractivity contribution in [3.8, 4) is 0 Å². The first-order valence-electron chi connectivity index (χ1n) is 9.47. The lowest BCUT2D eigenvalue weighted by Crippen LogP contribution is -2.41. The quantitative estimate of drug-likeness (QED) is 0.744. The van der Waals surface area contributed by atoms with E-state index in [1.54, 1.807) is 11.8 Å². The zero-order chi connectivity index (χ0) is 17.3. The average Bonchev–Trinajstić information content (AvgIpc) is 2.99. The van der Waals surface area contributed by atoms with Crippen LogP contribution in [0, 0.1) is 18.3 Å². The number of nitrogens with zero attached hydrogens (tertiary/aromatic N) is 3. The Hall–Kier alpha value is -1.55. The molecule has 1 aliphatic carbocycles. The molecule has 1 saturated carbocycles. The zero-order valence-electron chi connectivity index (χ0n) is 15.2. The van der Waals surface area contributed by atoms with Crippen LogP contribution in [-0.4, -0.2) is 23.1 Å². The van der Waals surface area contributed by atoms with Crippen molar-refractivity contribution in [1.29, 1.82) is 0 Å². The Morgan fingerprint density at radius 1 is 1.08 bits per heavy atom. The summed E-state index contributed by atoms with van der Waals surface area (Å²) in [7, 11) is 0. The van der Waals surface area contributed by atoms with Gasteiger partial charge in [-0.15, -0.1) is 0 Å². The minimum atomic E-state index is 0.616. The van der Waals surface area contributed by atoms with E-state index >= 15 is 0 Å². The minimum absolute atomic E-state index is 0.616. The number of rotatable bonds is 3. The highest BCUT2D eigenvalue weighted by molar-refractivity contribution is 7.99. The topological polar surface area (TPSA) is 29.0 Å². The molecule has 2 aromatic rings. The predicted octanol–water partition coefficient (Wildman–Crippen LogP) is 5.34. The van der Waals surface area contributed by atoms with Crippen LogP contribution in [0.2, 0.25) is 0 Å². The first-order chi connectivity index (χ1) is 12.2. The van der Waals surface area contributed by atoms with Gasteiger partial charge in [-0.25, -0.2) is 9.97 Å². The number of hydrogen-bond donors (Lipinski definition) is 0. The van der Waals surface area contributed by atoms with Crippen molar-refractivity contribution in [2.24, 2.45) is 11.3 Å². The lowest BCUT2D eigenvalue weighted by Gasteiger charge is -2.42. The Bertz CT molecular complexity index is 720. The molecule has 0 unspecified atom stereocenters. The van der Waals surface area contributed by atoms with Crippen LogP contribution in [0.5, 0.6) is 0 Å². The summed E-state index contributed by atoms with van der Waals surface area (Å²) in [6, 6.07) is 8.42. The molecule has 1 spiro atoms. The van der Waals surface area contributed by atoms with Crippen molar-refractivity contribution < 1.29 is 0 Å². The van der Waals surface area contributed by atoms with E-state index < -0.39 is 0 Å². The Labute approximate surface area is 155 Å². The fraction of sp³-hybridized carbons (Fsp3) is 0.524. The molecule has 1 aromatic carbocycles. The molecule has 2 aliphatic rings. The smallest absolute Gasteiger partial charge is 0.147 e. The fourth-order valence-corrected chi connectivity index (χ4v) is 5.36. The third-order valence-corrected chi connectivity index (χ3v) is 7.46. The maximum atomic E-state index is 4.70. The van der Waals surface area contributed by atoms with Gasteiger partial charge in [0.1, 0.15) is 10.8 Å². The molecule has 0 N–H and O–H groups in total. The molecule has 1 aliphatic heterocycles. The summed E-state index contributed by atoms with van der Waals surface area (Å²) in [5.74, 6) is 1.93. The van der Waals surface area contributed by atoms with Crippen molar-refractivity contribution in [3.05, 3.63) is 42.2 Å². The van der Waals surface area contributed by atoms with Crippen LogP contribution in [0.25, 0.3) is 0 Å². The molecule has 1 aromatic heterocycles. The molecule has 4 heteroatoms. The van der Waals surface area contributed by atoms with Crippen molar-refractivity contribution in [3.63, 3.8) is 0 Å². The second kappa shape index (κ2) is 6.99. The third kappa shape index (κ3) is 3.41. The van der Waals surface area contributed by atoms with Crippen LogP contribution < -0.4 is 4.90 Å². The van der Waals surface area contributed by atoms with Gasteiger partial charge in [-0.3, -0.25) is 0 Å². The predicted molar refractivity (Wildman–Crippen MR) is 104 cm³/mol. The normalized spacial score (nSPS) is 22.5. The van der Waals surface area contributed by atoms with Crippen LogP contribution >= 0.6 is 11.8 Å². The zero-order valence-corrected chi connectivity index (χ0v) is 16.1. The van der Waals surface area contributed by atoms with Crippen molar-refractivity contribution in [1.82, 2.24) is 9.97 Å². The molecule has 1 saturated heterocycles. The molecule has 25 heavy (non-hydrogen) atoms. The van der Waals surface area contributed by atoms with Crippen LogP contribution in [0.15, 0.2) is 46.6 Å². The summed E-state index contributed by atoms with van der Waals surface area (Å²) in [5, 5.41) is 0.968. The lowest BCUT2D eigenvalue weighted by molar-refractivity contribution is 0.161. The van der Waals surface area contributed by atoms with E-state index in [1.165, 1.54) is 42.6 Å². The molecule has 0 radical (unpaired) electrons. The summed E-state index contributed by atoms with van der Waals surface area (Å²) in [6.45, 7) is 6.85. The summed E-state index contributed by atoms with van der Waals surface area (Å²) in [5.41, 5.74) is 1.90. The van der Waals surface area contributed by atoms with Gasteiger partial charge in [-0.05, 0) is 49.1 Å². The van der Waals surface area contributed by atoms with Gasteiger partial charge in [0.05, 0.1) is 12.4 Å². The van der Waals surface area contributed by atoms with Crippen molar-refractivity contribution in [2.75, 3.05) is 18.0 Å². The van der Waals surface area contributed by atoms with Crippen LogP contribution in [0.3, 0.4) is 0 Å². The van der Waals surface area contributed by atoms with Gasteiger partial charge in [0.25, 0.3) is 0 Å². The number of piperidine rings is 1. The third-order valence-electron chi connectivity index (χ3n) is 6.36. The molecule has 0 bridgehead atoms. The largest absolute Gasteiger partial charge is 0.355 e. The molecule has 0 amide bonds. The van der Waals surface area contributed by atoms with Gasteiger partial charge in [0, 0.05) is 18.0 Å². The second-order valence-corrected chi connectivity index (χ2v) is 8.79. The van der Waals surface area contributed by atoms with Gasteiger partial charge in [0.2, 0.25) is 0 Å². The van der Waals surface area contributed by atoms with Crippen molar-refractivity contribution >= 4 is 17.6 Å². The molecule has 1 atom stereocenters. The van der Waals surface area contributed by atoms with Gasteiger partial charge in [-0.2, -0.15) is 0 Å². The van der Waals surface area contributed by atoms with Crippen LogP contribution in [0.1, 0.15) is 44.6 Å². The van der Waals surface area contributed by atoms with E-state index in [4.69, 9.17) is 4.98 Å².